The molecule has 3 atom stereocenters. The first-order valence-electron chi connectivity index (χ1n) is 6.88. The number of benzene rings is 1. The number of aliphatic hydroxyl groups is 1. The highest BCUT2D eigenvalue weighted by atomic mass is 16.3. The fraction of sp³-hybridized carbons (Fsp3) is 0.600. The molecule has 1 saturated carbocycles. The van der Waals surface area contributed by atoms with Crippen molar-refractivity contribution < 1.29 is 5.11 Å². The van der Waals surface area contributed by atoms with Crippen LogP contribution in [0.15, 0.2) is 24.3 Å². The van der Waals surface area contributed by atoms with Crippen LogP contribution in [0.5, 0.6) is 0 Å². The van der Waals surface area contributed by atoms with E-state index in [1.54, 1.807) is 0 Å². The van der Waals surface area contributed by atoms with E-state index in [9.17, 15) is 5.11 Å². The van der Waals surface area contributed by atoms with Gasteiger partial charge in [-0.3, -0.25) is 0 Å². The largest absolute Gasteiger partial charge is 0.396 e. The van der Waals surface area contributed by atoms with Crippen LogP contribution in [0.4, 0.5) is 0 Å². The Labute approximate surface area is 109 Å². The van der Waals surface area contributed by atoms with Crippen molar-refractivity contribution in [3.8, 4) is 0 Å². The Morgan fingerprint density at radius 1 is 1.39 bits per heavy atom. The van der Waals surface area contributed by atoms with Crippen LogP contribution in [0.2, 0.25) is 0 Å². The van der Waals surface area contributed by atoms with Crippen molar-refractivity contribution in [2.75, 3.05) is 13.2 Å². The van der Waals surface area contributed by atoms with Gasteiger partial charge in [0, 0.05) is 25.2 Å². The van der Waals surface area contributed by atoms with E-state index in [-0.39, 0.29) is 12.6 Å². The van der Waals surface area contributed by atoms with Gasteiger partial charge >= 0.3 is 0 Å². The van der Waals surface area contributed by atoms with Gasteiger partial charge in [0.25, 0.3) is 0 Å². The van der Waals surface area contributed by atoms with Crippen molar-refractivity contribution in [3.63, 3.8) is 0 Å². The standard InChI is InChI=1S/C15H24N2O/c1-11-5-2-3-7-13(11)15(9-16)17-14-8-4-6-12(14)10-18/h2-3,5,7,12,14-15,17-18H,4,6,8-10,16H2,1H3. The zero-order valence-corrected chi connectivity index (χ0v) is 11.1. The van der Waals surface area contributed by atoms with Gasteiger partial charge in [0.1, 0.15) is 0 Å². The molecule has 0 amide bonds. The van der Waals surface area contributed by atoms with Gasteiger partial charge < -0.3 is 16.2 Å². The second-order valence-electron chi connectivity index (χ2n) is 5.29. The average molecular weight is 248 g/mol. The van der Waals surface area contributed by atoms with Crippen LogP contribution < -0.4 is 11.1 Å². The molecule has 1 aromatic rings. The first-order valence-corrected chi connectivity index (χ1v) is 6.88. The van der Waals surface area contributed by atoms with Gasteiger partial charge in [0.2, 0.25) is 0 Å². The molecule has 3 unspecified atom stereocenters. The number of rotatable bonds is 5. The van der Waals surface area contributed by atoms with E-state index in [4.69, 9.17) is 5.73 Å². The number of hydrogen-bond donors (Lipinski definition) is 3. The number of hydrogen-bond acceptors (Lipinski definition) is 3. The van der Waals surface area contributed by atoms with Crippen molar-refractivity contribution in [2.24, 2.45) is 11.7 Å². The smallest absolute Gasteiger partial charge is 0.0474 e. The van der Waals surface area contributed by atoms with Crippen molar-refractivity contribution in [3.05, 3.63) is 35.4 Å². The Kier molecular flexibility index (Phi) is 4.75. The van der Waals surface area contributed by atoms with Gasteiger partial charge in [-0.1, -0.05) is 30.7 Å². The summed E-state index contributed by atoms with van der Waals surface area (Å²) in [7, 11) is 0. The van der Waals surface area contributed by atoms with Crippen LogP contribution in [-0.2, 0) is 0 Å². The molecule has 18 heavy (non-hydrogen) atoms. The SMILES string of the molecule is Cc1ccccc1C(CN)NC1CCCC1CO. The van der Waals surface area contributed by atoms with E-state index < -0.39 is 0 Å². The lowest BCUT2D eigenvalue weighted by molar-refractivity contribution is 0.199. The monoisotopic (exact) mass is 248 g/mol. The van der Waals surface area contributed by atoms with E-state index in [2.05, 4.69) is 36.5 Å². The molecule has 4 N–H and O–H groups in total. The van der Waals surface area contributed by atoms with Gasteiger partial charge in [-0.2, -0.15) is 0 Å². The van der Waals surface area contributed by atoms with Crippen LogP contribution >= 0.6 is 0 Å². The molecular formula is C15H24N2O. The van der Waals surface area contributed by atoms with Gasteiger partial charge in [0.15, 0.2) is 0 Å². The lowest BCUT2D eigenvalue weighted by atomic mass is 9.98. The summed E-state index contributed by atoms with van der Waals surface area (Å²) in [6.07, 6.45) is 3.47. The normalized spacial score (nSPS) is 25.3. The van der Waals surface area contributed by atoms with E-state index in [1.165, 1.54) is 17.5 Å². The van der Waals surface area contributed by atoms with E-state index in [1.807, 2.05) is 0 Å². The highest BCUT2D eigenvalue weighted by Crippen LogP contribution is 2.28. The van der Waals surface area contributed by atoms with E-state index >= 15 is 0 Å². The Bertz CT molecular complexity index is 381. The van der Waals surface area contributed by atoms with Crippen molar-refractivity contribution in [1.29, 1.82) is 0 Å². The summed E-state index contributed by atoms with van der Waals surface area (Å²) in [5.74, 6) is 0.392. The summed E-state index contributed by atoms with van der Waals surface area (Å²) < 4.78 is 0. The fourth-order valence-electron chi connectivity index (χ4n) is 3.00. The molecule has 100 valence electrons. The van der Waals surface area contributed by atoms with Crippen LogP contribution in [-0.4, -0.2) is 24.3 Å². The summed E-state index contributed by atoms with van der Waals surface area (Å²) >= 11 is 0. The van der Waals surface area contributed by atoms with Crippen LogP contribution in [0, 0.1) is 12.8 Å². The van der Waals surface area contributed by atoms with Gasteiger partial charge in [0.05, 0.1) is 0 Å². The Balaban J connectivity index is 2.08. The molecule has 1 aliphatic carbocycles. The lowest BCUT2D eigenvalue weighted by Gasteiger charge is -2.26. The summed E-state index contributed by atoms with van der Waals surface area (Å²) in [6, 6.07) is 8.98. The predicted molar refractivity (Wildman–Crippen MR) is 74.3 cm³/mol. The van der Waals surface area contributed by atoms with Crippen molar-refractivity contribution >= 4 is 0 Å². The minimum absolute atomic E-state index is 0.198. The van der Waals surface area contributed by atoms with Gasteiger partial charge in [-0.25, -0.2) is 0 Å². The zero-order chi connectivity index (χ0) is 13.0. The minimum atomic E-state index is 0.198. The molecule has 0 saturated heterocycles. The first-order chi connectivity index (χ1) is 8.76. The quantitative estimate of drug-likeness (QED) is 0.744. The van der Waals surface area contributed by atoms with Gasteiger partial charge in [-0.15, -0.1) is 0 Å². The lowest BCUT2D eigenvalue weighted by Crippen LogP contribution is -2.40. The zero-order valence-electron chi connectivity index (χ0n) is 11.1. The third-order valence-corrected chi connectivity index (χ3v) is 4.11. The molecule has 0 radical (unpaired) electrons. The summed E-state index contributed by atoms with van der Waals surface area (Å²) in [6.45, 7) is 3.00. The molecule has 2 rings (SSSR count). The summed E-state index contributed by atoms with van der Waals surface area (Å²) in [4.78, 5) is 0. The number of nitrogens with one attached hydrogen (secondary N) is 1. The van der Waals surface area contributed by atoms with E-state index in [0.29, 0.717) is 18.5 Å². The third-order valence-electron chi connectivity index (χ3n) is 4.11. The third kappa shape index (κ3) is 2.91. The molecule has 1 aromatic carbocycles. The Morgan fingerprint density at radius 2 is 2.17 bits per heavy atom. The Hall–Kier alpha value is -0.900. The highest BCUT2D eigenvalue weighted by Gasteiger charge is 2.28. The summed E-state index contributed by atoms with van der Waals surface area (Å²) in [5.41, 5.74) is 8.47. The molecule has 0 heterocycles. The number of aliphatic hydroxyl groups excluding tert-OH is 1. The second kappa shape index (κ2) is 6.32. The Morgan fingerprint density at radius 3 is 2.83 bits per heavy atom. The van der Waals surface area contributed by atoms with Crippen LogP contribution in [0.1, 0.15) is 36.4 Å². The highest BCUT2D eigenvalue weighted by molar-refractivity contribution is 5.29. The molecular weight excluding hydrogens is 224 g/mol. The van der Waals surface area contributed by atoms with Crippen LogP contribution in [0.25, 0.3) is 0 Å². The molecule has 0 aliphatic heterocycles. The molecule has 3 nitrogen and oxygen atoms in total. The fourth-order valence-corrected chi connectivity index (χ4v) is 3.00. The molecule has 1 fully saturated rings. The van der Waals surface area contributed by atoms with Crippen molar-refractivity contribution in [1.82, 2.24) is 5.32 Å². The molecule has 1 aliphatic rings. The maximum absolute atomic E-state index is 9.38. The maximum atomic E-state index is 9.38. The minimum Gasteiger partial charge on any atom is -0.396 e. The number of aryl methyl sites for hydroxylation is 1. The molecule has 0 bridgehead atoms. The maximum Gasteiger partial charge on any atom is 0.0474 e. The molecule has 0 spiro atoms. The average Bonchev–Trinajstić information content (AvgIpc) is 2.84. The first kappa shape index (κ1) is 13.5. The predicted octanol–water partition coefficient (Wildman–Crippen LogP) is 1.75. The number of nitrogens with two attached hydrogens (primary N) is 1. The van der Waals surface area contributed by atoms with Crippen molar-refractivity contribution in [2.45, 2.75) is 38.3 Å². The van der Waals surface area contributed by atoms with Crippen LogP contribution in [0.3, 0.4) is 0 Å². The molecule has 3 heteroatoms. The summed E-state index contributed by atoms with van der Waals surface area (Å²) in [5, 5.41) is 13.0. The topological polar surface area (TPSA) is 58.3 Å². The molecule has 0 aromatic heterocycles. The second-order valence-corrected chi connectivity index (χ2v) is 5.29. The van der Waals surface area contributed by atoms with E-state index in [0.717, 1.165) is 12.8 Å². The van der Waals surface area contributed by atoms with Gasteiger partial charge in [-0.05, 0) is 36.8 Å².